The van der Waals surface area contributed by atoms with E-state index in [1.54, 1.807) is 25.3 Å². The average Bonchev–Trinajstić information content (AvgIpc) is 3.05. The van der Waals surface area contributed by atoms with Crippen molar-refractivity contribution in [2.24, 2.45) is 0 Å². The predicted molar refractivity (Wildman–Crippen MR) is 119 cm³/mol. The fourth-order valence-electron chi connectivity index (χ4n) is 3.40. The highest BCUT2D eigenvalue weighted by molar-refractivity contribution is 5.91. The topological polar surface area (TPSA) is 90.5 Å². The van der Waals surface area contributed by atoms with E-state index in [-0.39, 0.29) is 12.5 Å². The smallest absolute Gasteiger partial charge is 0.352 e. The van der Waals surface area contributed by atoms with Crippen LogP contribution in [0.1, 0.15) is 16.8 Å². The lowest BCUT2D eigenvalue weighted by molar-refractivity contribution is -0.117. The van der Waals surface area contributed by atoms with Gasteiger partial charge in [-0.1, -0.05) is 12.1 Å². The lowest BCUT2D eigenvalue weighted by atomic mass is 10.1. The van der Waals surface area contributed by atoms with E-state index in [1.807, 2.05) is 51.1 Å². The SMILES string of the molecule is COc1ccc(-c2nc(C)cc3nn(CC(=O)Nc4cccc(C)c4C)c(=O)n23)cc1. The first-order chi connectivity index (χ1) is 14.9. The van der Waals surface area contributed by atoms with Gasteiger partial charge in [-0.3, -0.25) is 4.79 Å². The lowest BCUT2D eigenvalue weighted by Gasteiger charge is -2.09. The van der Waals surface area contributed by atoms with Gasteiger partial charge in [-0.25, -0.2) is 18.9 Å². The first-order valence-corrected chi connectivity index (χ1v) is 9.85. The summed E-state index contributed by atoms with van der Waals surface area (Å²) in [4.78, 5) is 30.2. The van der Waals surface area contributed by atoms with Gasteiger partial charge in [0.15, 0.2) is 5.65 Å². The summed E-state index contributed by atoms with van der Waals surface area (Å²) in [5.41, 5.74) is 4.25. The fourth-order valence-corrected chi connectivity index (χ4v) is 3.40. The van der Waals surface area contributed by atoms with Crippen LogP contribution in [0.15, 0.2) is 53.3 Å². The van der Waals surface area contributed by atoms with Crippen molar-refractivity contribution in [1.29, 1.82) is 0 Å². The van der Waals surface area contributed by atoms with Crippen molar-refractivity contribution in [1.82, 2.24) is 19.2 Å². The molecule has 0 radical (unpaired) electrons. The van der Waals surface area contributed by atoms with E-state index in [0.717, 1.165) is 32.8 Å². The van der Waals surface area contributed by atoms with E-state index >= 15 is 0 Å². The molecule has 0 aliphatic rings. The Morgan fingerprint density at radius 2 is 1.84 bits per heavy atom. The summed E-state index contributed by atoms with van der Waals surface area (Å²) in [6, 6.07) is 14.7. The van der Waals surface area contributed by atoms with Gasteiger partial charge in [0.05, 0.1) is 7.11 Å². The number of aryl methyl sites for hydroxylation is 2. The average molecular weight is 417 g/mol. The first kappa shape index (κ1) is 20.3. The maximum absolute atomic E-state index is 13.1. The maximum Gasteiger partial charge on any atom is 0.352 e. The van der Waals surface area contributed by atoms with Crippen molar-refractivity contribution in [2.45, 2.75) is 27.3 Å². The van der Waals surface area contributed by atoms with Crippen LogP contribution in [0.3, 0.4) is 0 Å². The minimum absolute atomic E-state index is 0.199. The number of carbonyl (C=O) groups excluding carboxylic acids is 1. The van der Waals surface area contributed by atoms with E-state index in [9.17, 15) is 9.59 Å². The number of aromatic nitrogens is 4. The molecule has 8 heteroatoms. The Morgan fingerprint density at radius 3 is 2.55 bits per heavy atom. The summed E-state index contributed by atoms with van der Waals surface area (Å²) >= 11 is 0. The number of fused-ring (bicyclic) bond motifs is 1. The molecule has 158 valence electrons. The van der Waals surface area contributed by atoms with Crippen molar-refractivity contribution < 1.29 is 9.53 Å². The molecule has 1 N–H and O–H groups in total. The minimum atomic E-state index is -0.426. The van der Waals surface area contributed by atoms with Crippen molar-refractivity contribution in [3.63, 3.8) is 0 Å². The molecule has 2 heterocycles. The van der Waals surface area contributed by atoms with Crippen molar-refractivity contribution in [3.05, 3.63) is 75.8 Å². The van der Waals surface area contributed by atoms with Crippen LogP contribution in [0.25, 0.3) is 17.0 Å². The Labute approximate surface area is 179 Å². The molecule has 0 aliphatic carbocycles. The normalized spacial score (nSPS) is 11.0. The minimum Gasteiger partial charge on any atom is -0.497 e. The van der Waals surface area contributed by atoms with Gasteiger partial charge >= 0.3 is 5.69 Å². The molecule has 0 spiro atoms. The molecule has 0 saturated heterocycles. The Balaban J connectivity index is 1.70. The lowest BCUT2D eigenvalue weighted by Crippen LogP contribution is -2.29. The van der Waals surface area contributed by atoms with Gasteiger partial charge in [0.25, 0.3) is 0 Å². The van der Waals surface area contributed by atoms with Gasteiger partial charge in [-0.15, -0.1) is 5.10 Å². The summed E-state index contributed by atoms with van der Waals surface area (Å²) in [6.07, 6.45) is 0. The van der Waals surface area contributed by atoms with E-state index in [1.165, 1.54) is 4.40 Å². The van der Waals surface area contributed by atoms with E-state index < -0.39 is 5.69 Å². The molecule has 0 fully saturated rings. The molecule has 0 atom stereocenters. The number of carbonyl (C=O) groups is 1. The van der Waals surface area contributed by atoms with Crippen LogP contribution in [-0.2, 0) is 11.3 Å². The number of nitrogens with one attached hydrogen (secondary N) is 1. The molecule has 31 heavy (non-hydrogen) atoms. The van der Waals surface area contributed by atoms with Gasteiger partial charge in [-0.2, -0.15) is 0 Å². The number of methoxy groups -OCH3 is 1. The van der Waals surface area contributed by atoms with Crippen LogP contribution in [-0.4, -0.2) is 32.2 Å². The number of benzene rings is 2. The van der Waals surface area contributed by atoms with E-state index in [0.29, 0.717) is 17.2 Å². The number of hydrogen-bond donors (Lipinski definition) is 1. The van der Waals surface area contributed by atoms with Crippen LogP contribution >= 0.6 is 0 Å². The van der Waals surface area contributed by atoms with Crippen molar-refractivity contribution >= 4 is 17.2 Å². The standard InChI is InChI=1S/C23H23N5O3/c1-14-6-5-7-19(16(14)3)25-21(29)13-27-23(30)28-20(26-27)12-15(2)24-22(28)17-8-10-18(31-4)11-9-17/h5-12H,13H2,1-4H3,(H,25,29). The van der Waals surface area contributed by atoms with Crippen molar-refractivity contribution in [2.75, 3.05) is 12.4 Å². The second-order valence-corrected chi connectivity index (χ2v) is 7.38. The zero-order valence-corrected chi connectivity index (χ0v) is 17.8. The third-order valence-electron chi connectivity index (χ3n) is 5.22. The number of hydrogen-bond acceptors (Lipinski definition) is 5. The van der Waals surface area contributed by atoms with Crippen molar-refractivity contribution in [3.8, 4) is 17.1 Å². The monoisotopic (exact) mass is 417 g/mol. The zero-order valence-electron chi connectivity index (χ0n) is 17.8. The third kappa shape index (κ3) is 3.92. The summed E-state index contributed by atoms with van der Waals surface area (Å²) in [5, 5.41) is 7.22. The molecule has 0 bridgehead atoms. The number of anilines is 1. The second kappa shape index (κ2) is 8.06. The first-order valence-electron chi connectivity index (χ1n) is 9.85. The highest BCUT2D eigenvalue weighted by Crippen LogP contribution is 2.21. The number of nitrogens with zero attached hydrogens (tertiary/aromatic N) is 4. The van der Waals surface area contributed by atoms with Crippen LogP contribution in [0.2, 0.25) is 0 Å². The van der Waals surface area contributed by atoms with Gasteiger partial charge < -0.3 is 10.1 Å². The molecule has 4 aromatic rings. The van der Waals surface area contributed by atoms with Gasteiger partial charge in [-0.05, 0) is 62.2 Å². The zero-order chi connectivity index (χ0) is 22.1. The summed E-state index contributed by atoms with van der Waals surface area (Å²) < 4.78 is 7.78. The molecule has 0 unspecified atom stereocenters. The molecule has 0 saturated carbocycles. The Kier molecular flexibility index (Phi) is 5.29. The number of rotatable bonds is 5. The third-order valence-corrected chi connectivity index (χ3v) is 5.22. The quantitative estimate of drug-likeness (QED) is 0.539. The Morgan fingerprint density at radius 1 is 1.10 bits per heavy atom. The van der Waals surface area contributed by atoms with Crippen LogP contribution in [0.5, 0.6) is 5.75 Å². The fraction of sp³-hybridized carbons (Fsp3) is 0.217. The molecule has 2 aromatic carbocycles. The largest absolute Gasteiger partial charge is 0.497 e. The highest BCUT2D eigenvalue weighted by Gasteiger charge is 2.17. The highest BCUT2D eigenvalue weighted by atomic mass is 16.5. The van der Waals surface area contributed by atoms with Gasteiger partial charge in [0.1, 0.15) is 18.1 Å². The van der Waals surface area contributed by atoms with Gasteiger partial charge in [0, 0.05) is 23.0 Å². The Hall–Kier alpha value is -3.94. The van der Waals surface area contributed by atoms with Crippen LogP contribution in [0, 0.1) is 20.8 Å². The number of amides is 1. The molecular weight excluding hydrogens is 394 g/mol. The van der Waals surface area contributed by atoms with Crippen LogP contribution < -0.4 is 15.7 Å². The molecule has 4 rings (SSSR count). The van der Waals surface area contributed by atoms with Crippen LogP contribution in [0.4, 0.5) is 5.69 Å². The Bertz CT molecular complexity index is 1340. The summed E-state index contributed by atoms with van der Waals surface area (Å²) in [5.74, 6) is 0.845. The summed E-state index contributed by atoms with van der Waals surface area (Å²) in [6.45, 7) is 5.56. The summed E-state index contributed by atoms with van der Waals surface area (Å²) in [7, 11) is 1.59. The number of ether oxygens (including phenoxy) is 1. The predicted octanol–water partition coefficient (Wildman–Crippen LogP) is 3.13. The van der Waals surface area contributed by atoms with Gasteiger partial charge in [0.2, 0.25) is 5.91 Å². The van der Waals surface area contributed by atoms with E-state index in [2.05, 4.69) is 15.4 Å². The molecule has 8 nitrogen and oxygen atoms in total. The molecule has 0 aliphatic heterocycles. The maximum atomic E-state index is 13.1. The second-order valence-electron chi connectivity index (χ2n) is 7.38. The molecular formula is C23H23N5O3. The molecule has 1 amide bonds. The van der Waals surface area contributed by atoms with E-state index in [4.69, 9.17) is 4.74 Å². The molecule has 2 aromatic heterocycles.